The number of alkyl halides is 1. The number of carbonyl (C=O) groups is 1. The molecule has 21 heavy (non-hydrogen) atoms. The van der Waals surface area contributed by atoms with Crippen LogP contribution in [0.4, 0.5) is 0 Å². The van der Waals surface area contributed by atoms with Gasteiger partial charge < -0.3 is 14.8 Å². The summed E-state index contributed by atoms with van der Waals surface area (Å²) in [7, 11) is 0. The van der Waals surface area contributed by atoms with Crippen molar-refractivity contribution in [2.75, 3.05) is 12.7 Å². The van der Waals surface area contributed by atoms with Gasteiger partial charge in [0, 0.05) is 11.4 Å². The monoisotopic (exact) mass is 303 g/mol. The number of fused-ring (bicyclic) bond motifs is 1. The van der Waals surface area contributed by atoms with E-state index in [1.165, 1.54) is 0 Å². The Hall–Kier alpha value is -2.20. The predicted molar refractivity (Wildman–Crippen MR) is 79.9 cm³/mol. The summed E-state index contributed by atoms with van der Waals surface area (Å²) in [5.41, 5.74) is 1.49. The fourth-order valence-corrected chi connectivity index (χ4v) is 2.43. The first kappa shape index (κ1) is 13.8. The van der Waals surface area contributed by atoms with Crippen molar-refractivity contribution in [1.29, 1.82) is 0 Å². The number of hydrogen-bond donors (Lipinski definition) is 1. The number of benzene rings is 2. The van der Waals surface area contributed by atoms with E-state index in [1.54, 1.807) is 18.2 Å². The first-order valence-corrected chi connectivity index (χ1v) is 7.13. The molecule has 1 amide bonds. The van der Waals surface area contributed by atoms with Crippen LogP contribution in [0.15, 0.2) is 48.5 Å². The summed E-state index contributed by atoms with van der Waals surface area (Å²) in [5, 5.41) is 2.92. The van der Waals surface area contributed by atoms with Gasteiger partial charge in [0.1, 0.15) is 0 Å². The van der Waals surface area contributed by atoms with Gasteiger partial charge in [0.25, 0.3) is 5.91 Å². The molecule has 0 saturated carbocycles. The maximum absolute atomic E-state index is 12.3. The maximum Gasteiger partial charge on any atom is 0.251 e. The maximum atomic E-state index is 12.3. The van der Waals surface area contributed by atoms with Gasteiger partial charge in [0.15, 0.2) is 11.5 Å². The summed E-state index contributed by atoms with van der Waals surface area (Å²) >= 11 is 5.97. The minimum absolute atomic E-state index is 0.189. The highest BCUT2D eigenvalue weighted by atomic mass is 35.5. The topological polar surface area (TPSA) is 47.6 Å². The molecule has 1 aliphatic rings. The summed E-state index contributed by atoms with van der Waals surface area (Å²) < 4.78 is 10.5. The van der Waals surface area contributed by atoms with E-state index in [2.05, 4.69) is 5.32 Å². The lowest BCUT2D eigenvalue weighted by molar-refractivity contribution is 0.0940. The van der Waals surface area contributed by atoms with Crippen LogP contribution in [0.5, 0.6) is 11.5 Å². The first-order valence-electron chi connectivity index (χ1n) is 6.59. The summed E-state index contributed by atoms with van der Waals surface area (Å²) in [5.74, 6) is 1.36. The van der Waals surface area contributed by atoms with Crippen molar-refractivity contribution in [2.45, 2.75) is 6.04 Å². The average Bonchev–Trinajstić information content (AvgIpc) is 3.00. The molecular formula is C16H14ClNO3. The Balaban J connectivity index is 1.76. The fourth-order valence-electron chi connectivity index (χ4n) is 2.18. The van der Waals surface area contributed by atoms with Crippen molar-refractivity contribution in [3.05, 3.63) is 59.7 Å². The molecular weight excluding hydrogens is 290 g/mol. The Labute approximate surface area is 127 Å². The van der Waals surface area contributed by atoms with Gasteiger partial charge in [0.05, 0.1) is 6.04 Å². The molecule has 1 atom stereocenters. The van der Waals surface area contributed by atoms with Crippen LogP contribution in [0.3, 0.4) is 0 Å². The van der Waals surface area contributed by atoms with E-state index in [0.717, 1.165) is 5.56 Å². The van der Waals surface area contributed by atoms with Crippen molar-refractivity contribution in [1.82, 2.24) is 5.32 Å². The molecule has 0 aromatic heterocycles. The Kier molecular flexibility index (Phi) is 3.97. The lowest BCUT2D eigenvalue weighted by Gasteiger charge is -2.16. The molecule has 0 aliphatic carbocycles. The summed E-state index contributed by atoms with van der Waals surface area (Å²) in [6, 6.07) is 14.5. The smallest absolute Gasteiger partial charge is 0.251 e. The van der Waals surface area contributed by atoms with E-state index in [0.29, 0.717) is 22.9 Å². The third-order valence-corrected chi connectivity index (χ3v) is 3.60. The minimum atomic E-state index is -0.231. The van der Waals surface area contributed by atoms with Crippen LogP contribution in [0.25, 0.3) is 0 Å². The third kappa shape index (κ3) is 2.95. The van der Waals surface area contributed by atoms with Gasteiger partial charge in [-0.1, -0.05) is 30.3 Å². The molecule has 2 aromatic carbocycles. The van der Waals surface area contributed by atoms with Crippen molar-refractivity contribution in [2.24, 2.45) is 0 Å². The quantitative estimate of drug-likeness (QED) is 0.883. The third-order valence-electron chi connectivity index (χ3n) is 3.30. The number of nitrogens with one attached hydrogen (secondary N) is 1. The normalized spacial score (nSPS) is 13.8. The molecule has 1 aliphatic heterocycles. The number of halogens is 1. The van der Waals surface area contributed by atoms with E-state index in [1.807, 2.05) is 30.3 Å². The summed E-state index contributed by atoms with van der Waals surface area (Å²) in [6.45, 7) is 0.189. The summed E-state index contributed by atoms with van der Waals surface area (Å²) in [6.07, 6.45) is 0. The van der Waals surface area contributed by atoms with E-state index >= 15 is 0 Å². The SMILES string of the molecule is O=C(NC(CCl)c1ccccc1)c1ccc2c(c1)OCO2. The van der Waals surface area contributed by atoms with Crippen LogP contribution in [0.1, 0.15) is 22.0 Å². The molecule has 108 valence electrons. The molecule has 2 aromatic rings. The van der Waals surface area contributed by atoms with E-state index < -0.39 is 0 Å². The molecule has 5 heteroatoms. The van der Waals surface area contributed by atoms with Gasteiger partial charge in [0.2, 0.25) is 6.79 Å². The Bertz CT molecular complexity index is 645. The first-order chi connectivity index (χ1) is 10.3. The van der Waals surface area contributed by atoms with E-state index in [4.69, 9.17) is 21.1 Å². The number of carbonyl (C=O) groups excluding carboxylic acids is 1. The van der Waals surface area contributed by atoms with Crippen molar-refractivity contribution < 1.29 is 14.3 Å². The van der Waals surface area contributed by atoms with Crippen LogP contribution < -0.4 is 14.8 Å². The fraction of sp³-hybridized carbons (Fsp3) is 0.188. The number of ether oxygens (including phenoxy) is 2. The standard InChI is InChI=1S/C16H14ClNO3/c17-9-13(11-4-2-1-3-5-11)18-16(19)12-6-7-14-15(8-12)21-10-20-14/h1-8,13H,9-10H2,(H,18,19). The highest BCUT2D eigenvalue weighted by molar-refractivity contribution is 6.18. The largest absolute Gasteiger partial charge is 0.454 e. The summed E-state index contributed by atoms with van der Waals surface area (Å²) in [4.78, 5) is 12.3. The van der Waals surface area contributed by atoms with E-state index in [-0.39, 0.29) is 18.7 Å². The second kappa shape index (κ2) is 6.06. The Morgan fingerprint density at radius 1 is 1.14 bits per heavy atom. The molecule has 1 N–H and O–H groups in total. The highest BCUT2D eigenvalue weighted by Crippen LogP contribution is 2.32. The van der Waals surface area contributed by atoms with Crippen LogP contribution in [0, 0.1) is 0 Å². The number of rotatable bonds is 4. The van der Waals surface area contributed by atoms with Gasteiger partial charge in [-0.2, -0.15) is 0 Å². The second-order valence-electron chi connectivity index (χ2n) is 4.66. The molecule has 0 radical (unpaired) electrons. The van der Waals surface area contributed by atoms with Crippen LogP contribution in [0.2, 0.25) is 0 Å². The van der Waals surface area contributed by atoms with Gasteiger partial charge in [-0.25, -0.2) is 0 Å². The molecule has 3 rings (SSSR count). The van der Waals surface area contributed by atoms with Crippen LogP contribution in [-0.2, 0) is 0 Å². The lowest BCUT2D eigenvalue weighted by Crippen LogP contribution is -2.29. The molecule has 1 heterocycles. The lowest BCUT2D eigenvalue weighted by atomic mass is 10.1. The minimum Gasteiger partial charge on any atom is -0.454 e. The molecule has 0 bridgehead atoms. The van der Waals surface area contributed by atoms with Gasteiger partial charge in [-0.3, -0.25) is 4.79 Å². The highest BCUT2D eigenvalue weighted by Gasteiger charge is 2.18. The van der Waals surface area contributed by atoms with Crippen molar-refractivity contribution in [3.8, 4) is 11.5 Å². The predicted octanol–water partition coefficient (Wildman–Crippen LogP) is 3.13. The molecule has 1 unspecified atom stereocenters. The molecule has 0 spiro atoms. The van der Waals surface area contributed by atoms with Crippen LogP contribution >= 0.6 is 11.6 Å². The van der Waals surface area contributed by atoms with Gasteiger partial charge in [-0.05, 0) is 23.8 Å². The van der Waals surface area contributed by atoms with Crippen molar-refractivity contribution in [3.63, 3.8) is 0 Å². The van der Waals surface area contributed by atoms with Crippen molar-refractivity contribution >= 4 is 17.5 Å². The molecule has 0 saturated heterocycles. The number of amides is 1. The Morgan fingerprint density at radius 2 is 1.90 bits per heavy atom. The second-order valence-corrected chi connectivity index (χ2v) is 4.97. The van der Waals surface area contributed by atoms with Crippen LogP contribution in [-0.4, -0.2) is 18.6 Å². The zero-order valence-electron chi connectivity index (χ0n) is 11.2. The van der Waals surface area contributed by atoms with E-state index in [9.17, 15) is 4.79 Å². The van der Waals surface area contributed by atoms with Gasteiger partial charge in [-0.15, -0.1) is 11.6 Å². The zero-order valence-corrected chi connectivity index (χ0v) is 12.0. The van der Waals surface area contributed by atoms with Gasteiger partial charge >= 0.3 is 0 Å². The average molecular weight is 304 g/mol. The number of hydrogen-bond acceptors (Lipinski definition) is 3. The molecule has 4 nitrogen and oxygen atoms in total. The Morgan fingerprint density at radius 3 is 2.67 bits per heavy atom. The zero-order chi connectivity index (χ0) is 14.7. The molecule has 0 fully saturated rings.